The van der Waals surface area contributed by atoms with E-state index in [0.717, 1.165) is 63.6 Å². The van der Waals surface area contributed by atoms with Crippen LogP contribution >= 0.6 is 0 Å². The van der Waals surface area contributed by atoms with E-state index in [1.165, 1.54) is 44.9 Å². The maximum absolute atomic E-state index is 12.8. The number of nitrogens with zero attached hydrogens (tertiary/aromatic N) is 7. The first-order valence-corrected chi connectivity index (χ1v) is 11.2. The summed E-state index contributed by atoms with van der Waals surface area (Å²) in [5.41, 5.74) is 0. The first kappa shape index (κ1) is 19.8. The number of rotatable bonds is 5. The number of piperidine rings is 1. The average Bonchev–Trinajstić information content (AvgIpc) is 3.17. The van der Waals surface area contributed by atoms with Gasteiger partial charge in [0, 0.05) is 32.2 Å². The van der Waals surface area contributed by atoms with Crippen molar-refractivity contribution in [3.8, 4) is 0 Å². The number of carbonyl (C=O) groups is 1. The van der Waals surface area contributed by atoms with Gasteiger partial charge in [0.05, 0.1) is 6.54 Å². The highest BCUT2D eigenvalue weighted by atomic mass is 16.2. The molecule has 1 aliphatic carbocycles. The normalized spacial score (nSPS) is 24.0. The monoisotopic (exact) mass is 389 g/mol. The molecule has 0 spiro atoms. The van der Waals surface area contributed by atoms with Gasteiger partial charge in [0.25, 0.3) is 0 Å². The standard InChI is InChI=1S/C20H35N7O/c1-17-7-9-24(10-8-17)15-19-21-22-23-27(19)16-20(28)26-13-11-25(12-14-26)18-5-3-2-4-6-18/h17-18H,2-16H2,1H3. The van der Waals surface area contributed by atoms with Crippen LogP contribution in [0, 0.1) is 5.92 Å². The number of tetrazole rings is 1. The van der Waals surface area contributed by atoms with Crippen molar-refractivity contribution in [1.82, 2.24) is 34.9 Å². The van der Waals surface area contributed by atoms with Crippen LogP contribution < -0.4 is 0 Å². The molecule has 3 fully saturated rings. The van der Waals surface area contributed by atoms with E-state index < -0.39 is 0 Å². The Labute approximate surface area is 168 Å². The number of likely N-dealkylation sites (tertiary alicyclic amines) is 1. The van der Waals surface area contributed by atoms with E-state index in [1.807, 2.05) is 4.90 Å². The molecular formula is C20H35N7O. The number of aromatic nitrogens is 4. The van der Waals surface area contributed by atoms with Gasteiger partial charge in [-0.15, -0.1) is 5.10 Å². The number of piperazine rings is 1. The van der Waals surface area contributed by atoms with E-state index in [1.54, 1.807) is 4.68 Å². The van der Waals surface area contributed by atoms with Gasteiger partial charge in [-0.2, -0.15) is 0 Å². The van der Waals surface area contributed by atoms with Crippen molar-refractivity contribution in [1.29, 1.82) is 0 Å². The van der Waals surface area contributed by atoms with E-state index >= 15 is 0 Å². The molecule has 0 bridgehead atoms. The highest BCUT2D eigenvalue weighted by molar-refractivity contribution is 5.76. The Bertz CT molecular complexity index is 626. The molecule has 0 atom stereocenters. The van der Waals surface area contributed by atoms with Gasteiger partial charge in [0.15, 0.2) is 5.82 Å². The fourth-order valence-electron chi connectivity index (χ4n) is 4.89. The van der Waals surface area contributed by atoms with Gasteiger partial charge in [-0.1, -0.05) is 26.2 Å². The SMILES string of the molecule is CC1CCN(Cc2nnnn2CC(=O)N2CCN(C3CCCCC3)CC2)CC1. The second-order valence-electron chi connectivity index (χ2n) is 8.92. The average molecular weight is 390 g/mol. The van der Waals surface area contributed by atoms with E-state index in [0.29, 0.717) is 0 Å². The molecule has 3 aliphatic rings. The van der Waals surface area contributed by atoms with Crippen molar-refractivity contribution in [2.45, 2.75) is 71.0 Å². The number of amides is 1. The lowest BCUT2D eigenvalue weighted by atomic mass is 9.94. The molecule has 1 amide bonds. The number of hydrogen-bond acceptors (Lipinski definition) is 6. The summed E-state index contributed by atoms with van der Waals surface area (Å²) in [4.78, 5) is 19.8. The van der Waals surface area contributed by atoms with Crippen LogP contribution in [0.25, 0.3) is 0 Å². The zero-order valence-corrected chi connectivity index (χ0v) is 17.3. The van der Waals surface area contributed by atoms with Crippen LogP contribution in [0.4, 0.5) is 0 Å². The molecule has 1 aromatic heterocycles. The van der Waals surface area contributed by atoms with E-state index in [2.05, 4.69) is 32.2 Å². The predicted octanol–water partition coefficient (Wildman–Crippen LogP) is 1.38. The smallest absolute Gasteiger partial charge is 0.244 e. The van der Waals surface area contributed by atoms with Gasteiger partial charge in [0.2, 0.25) is 5.91 Å². The molecule has 0 aromatic carbocycles. The topological polar surface area (TPSA) is 70.4 Å². The zero-order chi connectivity index (χ0) is 19.3. The largest absolute Gasteiger partial charge is 0.339 e. The highest BCUT2D eigenvalue weighted by Gasteiger charge is 2.27. The highest BCUT2D eigenvalue weighted by Crippen LogP contribution is 2.23. The summed E-state index contributed by atoms with van der Waals surface area (Å²) in [6.07, 6.45) is 9.23. The number of hydrogen-bond donors (Lipinski definition) is 0. The lowest BCUT2D eigenvalue weighted by Gasteiger charge is -2.40. The van der Waals surface area contributed by atoms with E-state index in [-0.39, 0.29) is 12.5 Å². The third kappa shape index (κ3) is 4.89. The summed E-state index contributed by atoms with van der Waals surface area (Å²) in [6, 6.07) is 0.740. The molecule has 8 heteroatoms. The molecule has 28 heavy (non-hydrogen) atoms. The van der Waals surface area contributed by atoms with Crippen molar-refractivity contribution in [3.05, 3.63) is 5.82 Å². The van der Waals surface area contributed by atoms with Crippen molar-refractivity contribution in [2.24, 2.45) is 5.92 Å². The lowest BCUT2D eigenvalue weighted by molar-refractivity contribution is -0.134. The zero-order valence-electron chi connectivity index (χ0n) is 17.3. The van der Waals surface area contributed by atoms with Crippen LogP contribution in [0.5, 0.6) is 0 Å². The van der Waals surface area contributed by atoms with E-state index in [9.17, 15) is 4.79 Å². The Balaban J connectivity index is 1.26. The molecule has 0 unspecified atom stereocenters. The Morgan fingerprint density at radius 1 is 0.964 bits per heavy atom. The van der Waals surface area contributed by atoms with Crippen LogP contribution in [-0.2, 0) is 17.9 Å². The van der Waals surface area contributed by atoms with Gasteiger partial charge >= 0.3 is 0 Å². The quantitative estimate of drug-likeness (QED) is 0.758. The first-order chi connectivity index (χ1) is 13.7. The van der Waals surface area contributed by atoms with Crippen molar-refractivity contribution in [3.63, 3.8) is 0 Å². The minimum atomic E-state index is 0.143. The summed E-state index contributed by atoms with van der Waals surface area (Å²) in [5.74, 6) is 1.76. The Morgan fingerprint density at radius 3 is 2.39 bits per heavy atom. The van der Waals surface area contributed by atoms with Crippen molar-refractivity contribution in [2.75, 3.05) is 39.3 Å². The molecule has 1 saturated carbocycles. The number of carbonyl (C=O) groups excluding carboxylic acids is 1. The van der Waals surface area contributed by atoms with Gasteiger partial charge in [0.1, 0.15) is 6.54 Å². The molecule has 4 rings (SSSR count). The molecule has 0 radical (unpaired) electrons. The maximum Gasteiger partial charge on any atom is 0.244 e. The molecule has 156 valence electrons. The third-order valence-electron chi connectivity index (χ3n) is 6.89. The Morgan fingerprint density at radius 2 is 1.68 bits per heavy atom. The van der Waals surface area contributed by atoms with Crippen LogP contribution in [-0.4, -0.2) is 86.1 Å². The van der Waals surface area contributed by atoms with Gasteiger partial charge < -0.3 is 4.90 Å². The van der Waals surface area contributed by atoms with Crippen molar-refractivity contribution >= 4 is 5.91 Å². The summed E-state index contributed by atoms with van der Waals surface area (Å²) in [7, 11) is 0. The molecule has 2 aliphatic heterocycles. The molecule has 3 heterocycles. The van der Waals surface area contributed by atoms with Gasteiger partial charge in [-0.3, -0.25) is 14.6 Å². The molecular weight excluding hydrogens is 354 g/mol. The molecule has 8 nitrogen and oxygen atoms in total. The minimum Gasteiger partial charge on any atom is -0.339 e. The second kappa shape index (κ2) is 9.31. The maximum atomic E-state index is 12.8. The van der Waals surface area contributed by atoms with Gasteiger partial charge in [-0.05, 0) is 55.1 Å². The van der Waals surface area contributed by atoms with Gasteiger partial charge in [-0.25, -0.2) is 4.68 Å². The first-order valence-electron chi connectivity index (χ1n) is 11.2. The lowest BCUT2D eigenvalue weighted by Crippen LogP contribution is -2.53. The molecule has 2 saturated heterocycles. The second-order valence-corrected chi connectivity index (χ2v) is 8.92. The minimum absolute atomic E-state index is 0.143. The summed E-state index contributed by atoms with van der Waals surface area (Å²) >= 11 is 0. The molecule has 1 aromatic rings. The predicted molar refractivity (Wildman–Crippen MR) is 107 cm³/mol. The van der Waals surface area contributed by atoms with Crippen LogP contribution in [0.2, 0.25) is 0 Å². The molecule has 0 N–H and O–H groups in total. The third-order valence-corrected chi connectivity index (χ3v) is 6.89. The summed E-state index contributed by atoms with van der Waals surface area (Å²) in [5, 5.41) is 12.1. The Hall–Kier alpha value is -1.54. The van der Waals surface area contributed by atoms with Crippen LogP contribution in [0.1, 0.15) is 57.7 Å². The van der Waals surface area contributed by atoms with Crippen LogP contribution in [0.3, 0.4) is 0 Å². The van der Waals surface area contributed by atoms with E-state index in [4.69, 9.17) is 0 Å². The Kier molecular flexibility index (Phi) is 6.57. The van der Waals surface area contributed by atoms with Crippen LogP contribution in [0.15, 0.2) is 0 Å². The van der Waals surface area contributed by atoms with Crippen molar-refractivity contribution < 1.29 is 4.79 Å². The fourth-order valence-corrected chi connectivity index (χ4v) is 4.89. The fraction of sp³-hybridized carbons (Fsp3) is 0.900. The summed E-state index contributed by atoms with van der Waals surface area (Å²) < 4.78 is 1.70. The summed E-state index contributed by atoms with van der Waals surface area (Å²) in [6.45, 7) is 9.16.